The Balaban J connectivity index is 2.03. The minimum absolute atomic E-state index is 0.0369. The minimum atomic E-state index is -0.184. The molecule has 0 atom stereocenters. The number of aryl methyl sites for hydroxylation is 1. The highest BCUT2D eigenvalue weighted by atomic mass is 16.3. The van der Waals surface area contributed by atoms with Crippen LogP contribution in [0.15, 0.2) is 12.1 Å². The maximum atomic E-state index is 12.3. The smallest absolute Gasteiger partial charge is 0.253 e. The molecule has 19 heavy (non-hydrogen) atoms. The first-order valence-electron chi connectivity index (χ1n) is 6.69. The molecule has 0 aliphatic heterocycles. The molecular formula is C14H21N3O2. The molecule has 1 aliphatic carbocycles. The largest absolute Gasteiger partial charge is 0.393 e. The Labute approximate surface area is 113 Å². The number of rotatable bonds is 4. The van der Waals surface area contributed by atoms with Gasteiger partial charge in [-0.05, 0) is 37.3 Å². The fourth-order valence-corrected chi connectivity index (χ4v) is 2.46. The van der Waals surface area contributed by atoms with Crippen molar-refractivity contribution in [1.29, 1.82) is 0 Å². The fourth-order valence-electron chi connectivity index (χ4n) is 2.46. The number of aromatic nitrogens is 1. The first-order chi connectivity index (χ1) is 8.99. The van der Waals surface area contributed by atoms with Crippen molar-refractivity contribution in [1.82, 2.24) is 9.88 Å². The summed E-state index contributed by atoms with van der Waals surface area (Å²) in [4.78, 5) is 18.2. The zero-order valence-corrected chi connectivity index (χ0v) is 11.5. The molecule has 104 valence electrons. The molecule has 0 unspecified atom stereocenters. The quantitative estimate of drug-likeness (QED) is 0.851. The van der Waals surface area contributed by atoms with Crippen LogP contribution in [0.1, 0.15) is 35.8 Å². The Morgan fingerprint density at radius 1 is 1.53 bits per heavy atom. The molecule has 0 radical (unpaired) electrons. The van der Waals surface area contributed by atoms with Gasteiger partial charge in [-0.3, -0.25) is 4.79 Å². The summed E-state index contributed by atoms with van der Waals surface area (Å²) in [6.07, 6.45) is 2.15. The number of hydrogen-bond donors (Lipinski definition) is 2. The summed E-state index contributed by atoms with van der Waals surface area (Å²) in [5.41, 5.74) is 7.13. The summed E-state index contributed by atoms with van der Waals surface area (Å²) in [6, 6.07) is 3.42. The van der Waals surface area contributed by atoms with E-state index in [9.17, 15) is 9.90 Å². The number of hydrogen-bond acceptors (Lipinski definition) is 4. The van der Waals surface area contributed by atoms with Gasteiger partial charge in [0, 0.05) is 24.8 Å². The van der Waals surface area contributed by atoms with Crippen molar-refractivity contribution in [3.63, 3.8) is 0 Å². The Morgan fingerprint density at radius 2 is 2.21 bits per heavy atom. The van der Waals surface area contributed by atoms with Crippen LogP contribution in [0.3, 0.4) is 0 Å². The monoisotopic (exact) mass is 263 g/mol. The number of amides is 1. The highest BCUT2D eigenvalue weighted by Gasteiger charge is 2.29. The normalized spacial score (nSPS) is 21.8. The topological polar surface area (TPSA) is 79.5 Å². The van der Waals surface area contributed by atoms with E-state index in [0.717, 1.165) is 25.0 Å². The molecule has 0 saturated heterocycles. The zero-order valence-electron chi connectivity index (χ0n) is 11.5. The van der Waals surface area contributed by atoms with Gasteiger partial charge in [-0.2, -0.15) is 0 Å². The van der Waals surface area contributed by atoms with Crippen molar-refractivity contribution in [2.24, 2.45) is 5.92 Å². The third-order valence-electron chi connectivity index (χ3n) is 3.60. The number of pyridine rings is 1. The zero-order chi connectivity index (χ0) is 14.0. The van der Waals surface area contributed by atoms with Crippen molar-refractivity contribution in [2.75, 3.05) is 19.3 Å². The molecule has 1 aliphatic rings. The van der Waals surface area contributed by atoms with Crippen LogP contribution in [-0.2, 0) is 6.42 Å². The van der Waals surface area contributed by atoms with Crippen LogP contribution in [0.5, 0.6) is 0 Å². The van der Waals surface area contributed by atoms with Gasteiger partial charge in [0.05, 0.1) is 6.10 Å². The molecule has 1 saturated carbocycles. The lowest BCUT2D eigenvalue weighted by Gasteiger charge is -2.34. The van der Waals surface area contributed by atoms with E-state index in [1.807, 2.05) is 6.92 Å². The highest BCUT2D eigenvalue weighted by Crippen LogP contribution is 2.28. The number of nitrogens with zero attached hydrogens (tertiary/aromatic N) is 2. The molecule has 1 amide bonds. The summed E-state index contributed by atoms with van der Waals surface area (Å²) in [5.74, 6) is 0.758. The molecule has 2 rings (SSSR count). The predicted octanol–water partition coefficient (Wildman–Crippen LogP) is 1.07. The molecule has 0 aromatic carbocycles. The van der Waals surface area contributed by atoms with E-state index >= 15 is 0 Å². The lowest BCUT2D eigenvalue weighted by molar-refractivity contribution is 0.0265. The molecule has 0 bridgehead atoms. The number of anilines is 1. The first kappa shape index (κ1) is 13.8. The van der Waals surface area contributed by atoms with E-state index in [1.54, 1.807) is 24.1 Å². The number of aliphatic hydroxyl groups is 1. The van der Waals surface area contributed by atoms with E-state index in [1.165, 1.54) is 0 Å². The van der Waals surface area contributed by atoms with Crippen LogP contribution in [0, 0.1) is 5.92 Å². The van der Waals surface area contributed by atoms with Gasteiger partial charge in [-0.1, -0.05) is 6.92 Å². The SMILES string of the molecule is CCc1cc(C(=O)N(C)CC2CC(O)C2)cc(N)n1. The average Bonchev–Trinajstić information content (AvgIpc) is 2.35. The second kappa shape index (κ2) is 5.57. The third kappa shape index (κ3) is 3.23. The van der Waals surface area contributed by atoms with Gasteiger partial charge in [0.1, 0.15) is 5.82 Å². The van der Waals surface area contributed by atoms with Gasteiger partial charge in [0.2, 0.25) is 0 Å². The second-order valence-electron chi connectivity index (χ2n) is 5.30. The maximum Gasteiger partial charge on any atom is 0.253 e. The molecule has 1 aromatic rings. The van der Waals surface area contributed by atoms with E-state index in [2.05, 4.69) is 4.98 Å². The summed E-state index contributed by atoms with van der Waals surface area (Å²) in [7, 11) is 1.79. The van der Waals surface area contributed by atoms with Gasteiger partial charge < -0.3 is 15.7 Å². The van der Waals surface area contributed by atoms with Crippen molar-refractivity contribution in [3.05, 3.63) is 23.4 Å². The fraction of sp³-hybridized carbons (Fsp3) is 0.571. The highest BCUT2D eigenvalue weighted by molar-refractivity contribution is 5.94. The van der Waals surface area contributed by atoms with Crippen molar-refractivity contribution < 1.29 is 9.90 Å². The van der Waals surface area contributed by atoms with Gasteiger partial charge in [0.25, 0.3) is 5.91 Å². The van der Waals surface area contributed by atoms with Crippen molar-refractivity contribution in [3.8, 4) is 0 Å². The van der Waals surface area contributed by atoms with Gasteiger partial charge in [-0.25, -0.2) is 4.98 Å². The van der Waals surface area contributed by atoms with Gasteiger partial charge in [0.15, 0.2) is 0 Å². The number of aliphatic hydroxyl groups excluding tert-OH is 1. The Hall–Kier alpha value is -1.62. The molecule has 1 aromatic heterocycles. The molecule has 0 spiro atoms. The summed E-state index contributed by atoms with van der Waals surface area (Å²) < 4.78 is 0. The number of carbonyl (C=O) groups is 1. The second-order valence-corrected chi connectivity index (χ2v) is 5.30. The van der Waals surface area contributed by atoms with E-state index in [-0.39, 0.29) is 12.0 Å². The van der Waals surface area contributed by atoms with Crippen LogP contribution in [0.4, 0.5) is 5.82 Å². The summed E-state index contributed by atoms with van der Waals surface area (Å²) in [6.45, 7) is 2.66. The maximum absolute atomic E-state index is 12.3. The molecule has 5 nitrogen and oxygen atoms in total. The predicted molar refractivity (Wildman–Crippen MR) is 73.7 cm³/mol. The van der Waals surface area contributed by atoms with Crippen LogP contribution in [0.25, 0.3) is 0 Å². The van der Waals surface area contributed by atoms with Gasteiger partial charge >= 0.3 is 0 Å². The number of nitrogen functional groups attached to an aromatic ring is 1. The van der Waals surface area contributed by atoms with Crippen LogP contribution >= 0.6 is 0 Å². The summed E-state index contributed by atoms with van der Waals surface area (Å²) in [5, 5.41) is 9.26. The minimum Gasteiger partial charge on any atom is -0.393 e. The number of carbonyl (C=O) groups excluding carboxylic acids is 1. The van der Waals surface area contributed by atoms with Gasteiger partial charge in [-0.15, -0.1) is 0 Å². The standard InChI is InChI=1S/C14H21N3O2/c1-3-11-6-10(7-13(15)16-11)14(19)17(2)8-9-4-12(18)5-9/h6-7,9,12,18H,3-5,8H2,1-2H3,(H2,15,16). The lowest BCUT2D eigenvalue weighted by Crippen LogP contribution is -2.39. The van der Waals surface area contributed by atoms with Crippen molar-refractivity contribution >= 4 is 11.7 Å². The van der Waals surface area contributed by atoms with E-state index in [0.29, 0.717) is 23.8 Å². The van der Waals surface area contributed by atoms with Crippen LogP contribution in [-0.4, -0.2) is 40.6 Å². The Kier molecular flexibility index (Phi) is 4.04. The molecule has 1 fully saturated rings. The number of nitrogens with two attached hydrogens (primary N) is 1. The molecular weight excluding hydrogens is 242 g/mol. The molecule has 5 heteroatoms. The first-order valence-corrected chi connectivity index (χ1v) is 6.69. The van der Waals surface area contributed by atoms with Crippen LogP contribution < -0.4 is 5.73 Å². The Morgan fingerprint density at radius 3 is 2.79 bits per heavy atom. The van der Waals surface area contributed by atoms with E-state index < -0.39 is 0 Å². The lowest BCUT2D eigenvalue weighted by atomic mass is 9.82. The van der Waals surface area contributed by atoms with Crippen LogP contribution in [0.2, 0.25) is 0 Å². The summed E-state index contributed by atoms with van der Waals surface area (Å²) >= 11 is 0. The molecule has 3 N–H and O–H groups in total. The average molecular weight is 263 g/mol. The van der Waals surface area contributed by atoms with Crippen molar-refractivity contribution in [2.45, 2.75) is 32.3 Å². The van der Waals surface area contributed by atoms with E-state index in [4.69, 9.17) is 5.73 Å². The Bertz CT molecular complexity index is 470. The molecule has 1 heterocycles. The third-order valence-corrected chi connectivity index (χ3v) is 3.60.